The number of benzene rings is 1. The van der Waals surface area contributed by atoms with E-state index in [1.165, 1.54) is 12.8 Å². The number of anilines is 1. The van der Waals surface area contributed by atoms with Crippen LogP contribution < -0.4 is 10.6 Å². The van der Waals surface area contributed by atoms with E-state index >= 15 is 0 Å². The Balaban J connectivity index is 2.31. The monoisotopic (exact) mass is 342 g/mol. The molecule has 19 heavy (non-hydrogen) atoms. The Hall–Kier alpha value is -0.940. The van der Waals surface area contributed by atoms with Crippen molar-refractivity contribution in [3.8, 4) is 0 Å². The van der Waals surface area contributed by atoms with Crippen LogP contribution in [0.3, 0.4) is 0 Å². The number of carbonyl (C=O) groups is 1. The number of nitrogens with one attached hydrogen (secondary N) is 2. The first-order chi connectivity index (χ1) is 9.13. The third kappa shape index (κ3) is 6.68. The molecule has 0 aliphatic rings. The highest BCUT2D eigenvalue weighted by Crippen LogP contribution is 2.20. The minimum Gasteiger partial charge on any atom is -0.331 e. The van der Waals surface area contributed by atoms with Gasteiger partial charge in [-0.3, -0.25) is 4.79 Å². The van der Waals surface area contributed by atoms with Crippen molar-refractivity contribution in [1.82, 2.24) is 5.32 Å². The highest BCUT2D eigenvalue weighted by atomic mass is 79.9. The van der Waals surface area contributed by atoms with Gasteiger partial charge in [0.05, 0.1) is 5.69 Å². The fraction of sp³-hybridized carbons (Fsp3) is 0.429. The zero-order valence-corrected chi connectivity index (χ0v) is 13.4. The zero-order chi connectivity index (χ0) is 14.1. The average Bonchev–Trinajstić information content (AvgIpc) is 2.37. The van der Waals surface area contributed by atoms with Crippen LogP contribution in [0.1, 0.15) is 39.0 Å². The van der Waals surface area contributed by atoms with E-state index < -0.39 is 0 Å². The topological polar surface area (TPSA) is 41.1 Å². The summed E-state index contributed by atoms with van der Waals surface area (Å²) in [5.41, 5.74) is 0.846. The summed E-state index contributed by atoms with van der Waals surface area (Å²) in [5.74, 6) is -0.0272. The van der Waals surface area contributed by atoms with Crippen molar-refractivity contribution in [3.63, 3.8) is 0 Å². The van der Waals surface area contributed by atoms with E-state index in [9.17, 15) is 4.79 Å². The second-order valence-electron chi connectivity index (χ2n) is 4.29. The van der Waals surface area contributed by atoms with E-state index in [0.717, 1.165) is 23.0 Å². The van der Waals surface area contributed by atoms with Crippen LogP contribution in [0.25, 0.3) is 0 Å². The van der Waals surface area contributed by atoms with Crippen LogP contribution in [0, 0.1) is 0 Å². The van der Waals surface area contributed by atoms with Gasteiger partial charge in [0.1, 0.15) is 0 Å². The quantitative estimate of drug-likeness (QED) is 0.600. The molecule has 0 saturated carbocycles. The minimum absolute atomic E-state index is 0.0272. The summed E-state index contributed by atoms with van der Waals surface area (Å²) in [5, 5.41) is 6.03. The number of para-hydroxylation sites is 1. The summed E-state index contributed by atoms with van der Waals surface area (Å²) in [6.07, 6.45) is 4.88. The van der Waals surface area contributed by atoms with Crippen LogP contribution in [0.15, 0.2) is 28.7 Å². The van der Waals surface area contributed by atoms with Crippen molar-refractivity contribution in [2.24, 2.45) is 0 Å². The number of amides is 1. The second kappa shape index (κ2) is 9.04. The molecule has 2 N–H and O–H groups in total. The normalized spacial score (nSPS) is 10.0. The standard InChI is InChI=1S/C14H19BrN2OS/c1-2-3-4-5-10-13(18)17-14(19)16-12-9-7-6-8-11(12)15/h6-9H,2-5,10H2,1H3,(H2,16,17,18,19). The maximum Gasteiger partial charge on any atom is 0.226 e. The molecule has 5 heteroatoms. The lowest BCUT2D eigenvalue weighted by atomic mass is 10.1. The van der Waals surface area contributed by atoms with Gasteiger partial charge in [0.15, 0.2) is 5.11 Å². The Morgan fingerprint density at radius 2 is 2.00 bits per heavy atom. The van der Waals surface area contributed by atoms with Gasteiger partial charge in [-0.15, -0.1) is 0 Å². The van der Waals surface area contributed by atoms with Crippen molar-refractivity contribution in [1.29, 1.82) is 0 Å². The van der Waals surface area contributed by atoms with E-state index in [1.54, 1.807) is 0 Å². The van der Waals surface area contributed by atoms with Crippen molar-refractivity contribution >= 4 is 44.9 Å². The molecule has 0 saturated heterocycles. The van der Waals surface area contributed by atoms with Crippen molar-refractivity contribution in [3.05, 3.63) is 28.7 Å². The van der Waals surface area contributed by atoms with Crippen LogP contribution in [0.5, 0.6) is 0 Å². The molecule has 0 unspecified atom stereocenters. The SMILES string of the molecule is CCCCCCC(=O)NC(=S)Nc1ccccc1Br. The van der Waals surface area contributed by atoms with Crippen molar-refractivity contribution in [2.45, 2.75) is 39.0 Å². The zero-order valence-electron chi connectivity index (χ0n) is 11.0. The summed E-state index contributed by atoms with van der Waals surface area (Å²) in [6, 6.07) is 7.63. The lowest BCUT2D eigenvalue weighted by molar-refractivity contribution is -0.119. The van der Waals surface area contributed by atoms with Crippen LogP contribution in [-0.4, -0.2) is 11.0 Å². The van der Waals surface area contributed by atoms with E-state index in [4.69, 9.17) is 12.2 Å². The molecular formula is C14H19BrN2OS. The predicted octanol–water partition coefficient (Wildman–Crippen LogP) is 4.23. The number of thiocarbonyl (C=S) groups is 1. The third-order valence-corrected chi connectivity index (χ3v) is 3.53. The molecule has 0 heterocycles. The van der Waals surface area contributed by atoms with Crippen LogP contribution >= 0.6 is 28.1 Å². The first kappa shape index (κ1) is 16.1. The number of unbranched alkanes of at least 4 members (excludes halogenated alkanes) is 3. The molecule has 0 aliphatic heterocycles. The lowest BCUT2D eigenvalue weighted by Crippen LogP contribution is -2.34. The Labute approximate surface area is 128 Å². The van der Waals surface area contributed by atoms with E-state index in [1.807, 2.05) is 24.3 Å². The molecule has 3 nitrogen and oxygen atoms in total. The van der Waals surface area contributed by atoms with Gasteiger partial charge in [-0.2, -0.15) is 0 Å². The van der Waals surface area contributed by atoms with Gasteiger partial charge in [-0.25, -0.2) is 0 Å². The second-order valence-corrected chi connectivity index (χ2v) is 5.56. The minimum atomic E-state index is -0.0272. The van der Waals surface area contributed by atoms with Gasteiger partial charge >= 0.3 is 0 Å². The van der Waals surface area contributed by atoms with Crippen molar-refractivity contribution in [2.75, 3.05) is 5.32 Å². The Morgan fingerprint density at radius 3 is 2.68 bits per heavy atom. The first-order valence-electron chi connectivity index (χ1n) is 6.49. The Bertz CT molecular complexity index is 437. The molecule has 0 aliphatic carbocycles. The van der Waals surface area contributed by atoms with E-state index in [0.29, 0.717) is 11.5 Å². The molecule has 0 atom stereocenters. The van der Waals surface area contributed by atoms with Gasteiger partial charge in [-0.05, 0) is 46.7 Å². The molecule has 1 amide bonds. The molecule has 0 aromatic heterocycles. The summed E-state index contributed by atoms with van der Waals surface area (Å²) in [6.45, 7) is 2.15. The highest BCUT2D eigenvalue weighted by molar-refractivity contribution is 9.10. The van der Waals surface area contributed by atoms with Gasteiger partial charge in [0, 0.05) is 10.9 Å². The first-order valence-corrected chi connectivity index (χ1v) is 7.69. The Morgan fingerprint density at radius 1 is 1.26 bits per heavy atom. The van der Waals surface area contributed by atoms with Gasteiger partial charge in [-0.1, -0.05) is 38.3 Å². The molecular weight excluding hydrogens is 324 g/mol. The number of carbonyl (C=O) groups excluding carboxylic acids is 1. The maximum absolute atomic E-state index is 11.6. The highest BCUT2D eigenvalue weighted by Gasteiger charge is 2.05. The van der Waals surface area contributed by atoms with E-state index in [-0.39, 0.29) is 5.91 Å². The summed E-state index contributed by atoms with van der Waals surface area (Å²) in [7, 11) is 0. The molecule has 1 aromatic carbocycles. The number of halogens is 1. The summed E-state index contributed by atoms with van der Waals surface area (Å²) >= 11 is 8.53. The van der Waals surface area contributed by atoms with Crippen molar-refractivity contribution < 1.29 is 4.79 Å². The molecule has 104 valence electrons. The summed E-state index contributed by atoms with van der Waals surface area (Å²) < 4.78 is 0.912. The molecule has 0 bridgehead atoms. The number of hydrogen-bond donors (Lipinski definition) is 2. The molecule has 0 fully saturated rings. The van der Waals surface area contributed by atoms with Gasteiger partial charge < -0.3 is 10.6 Å². The largest absolute Gasteiger partial charge is 0.331 e. The van der Waals surface area contributed by atoms with Crippen LogP contribution in [0.2, 0.25) is 0 Å². The van der Waals surface area contributed by atoms with Crippen LogP contribution in [0.4, 0.5) is 5.69 Å². The molecule has 0 spiro atoms. The van der Waals surface area contributed by atoms with Crippen LogP contribution in [-0.2, 0) is 4.79 Å². The van der Waals surface area contributed by atoms with Gasteiger partial charge in [0.25, 0.3) is 0 Å². The predicted molar refractivity (Wildman–Crippen MR) is 87.3 cm³/mol. The smallest absolute Gasteiger partial charge is 0.226 e. The number of hydrogen-bond acceptors (Lipinski definition) is 2. The third-order valence-electron chi connectivity index (χ3n) is 2.63. The van der Waals surface area contributed by atoms with E-state index in [2.05, 4.69) is 33.5 Å². The fourth-order valence-corrected chi connectivity index (χ4v) is 2.23. The molecule has 1 aromatic rings. The maximum atomic E-state index is 11.6. The number of rotatable bonds is 6. The Kier molecular flexibility index (Phi) is 7.67. The average molecular weight is 343 g/mol. The fourth-order valence-electron chi connectivity index (χ4n) is 1.62. The molecule has 0 radical (unpaired) electrons. The lowest BCUT2D eigenvalue weighted by Gasteiger charge is -2.10. The van der Waals surface area contributed by atoms with Gasteiger partial charge in [0.2, 0.25) is 5.91 Å². The molecule has 1 rings (SSSR count). The summed E-state index contributed by atoms with van der Waals surface area (Å²) in [4.78, 5) is 11.6.